The molecule has 2 N–H and O–H groups in total. The number of fused-ring (bicyclic) bond motifs is 1. The number of likely N-dealkylation sites (tertiary alicyclic amines) is 1. The van der Waals surface area contributed by atoms with E-state index in [0.29, 0.717) is 6.04 Å². The maximum atomic E-state index is 11.8. The number of aliphatic hydroxyl groups is 1. The molecule has 4 heteroatoms. The van der Waals surface area contributed by atoms with Crippen LogP contribution < -0.4 is 0 Å². The lowest BCUT2D eigenvalue weighted by Gasteiger charge is -2.44. The van der Waals surface area contributed by atoms with Crippen LogP contribution in [0, 0.1) is 35.5 Å². The average molecular weight is 384 g/mol. The van der Waals surface area contributed by atoms with Gasteiger partial charge in [0.2, 0.25) is 0 Å². The number of hydrogen-bond acceptors (Lipinski definition) is 3. The number of hydrogen-bond donors (Lipinski definition) is 2. The second kappa shape index (κ2) is 7.69. The molecule has 2 saturated carbocycles. The van der Waals surface area contributed by atoms with Gasteiger partial charge in [0.15, 0.2) is 0 Å². The van der Waals surface area contributed by atoms with Crippen molar-refractivity contribution in [3.63, 3.8) is 0 Å². The molecule has 4 rings (SSSR count). The molecule has 0 aromatic rings. The van der Waals surface area contributed by atoms with Gasteiger partial charge in [-0.3, -0.25) is 9.69 Å². The molecule has 0 bridgehead atoms. The Labute approximate surface area is 168 Å². The van der Waals surface area contributed by atoms with Crippen LogP contribution in [0.25, 0.3) is 0 Å². The van der Waals surface area contributed by atoms with Gasteiger partial charge < -0.3 is 10.2 Å². The van der Waals surface area contributed by atoms with E-state index in [0.717, 1.165) is 49.6 Å². The van der Waals surface area contributed by atoms with Gasteiger partial charge in [-0.05, 0) is 62.5 Å². The molecular weight excluding hydrogens is 350 g/mol. The quantitative estimate of drug-likeness (QED) is 0.712. The summed E-state index contributed by atoms with van der Waals surface area (Å²) in [5, 5.41) is 21.2. The van der Waals surface area contributed by atoms with Gasteiger partial charge in [0.05, 0.1) is 18.1 Å². The van der Waals surface area contributed by atoms with E-state index < -0.39 is 11.6 Å². The molecule has 4 aliphatic rings. The SMILES string of the molecule is CC#CC(C1=CC(O)(C2CCCCC2)C(CC(=O)O)C=C1)N1C[C@@H]2C[C@@H]2C1C. The van der Waals surface area contributed by atoms with E-state index in [2.05, 4.69) is 23.7 Å². The van der Waals surface area contributed by atoms with E-state index in [1.54, 1.807) is 0 Å². The fraction of sp³-hybridized carbons (Fsp3) is 0.708. The molecule has 1 saturated heterocycles. The van der Waals surface area contributed by atoms with E-state index in [4.69, 9.17) is 0 Å². The zero-order chi connectivity index (χ0) is 19.9. The zero-order valence-corrected chi connectivity index (χ0v) is 17.1. The third-order valence-corrected chi connectivity index (χ3v) is 7.66. The largest absolute Gasteiger partial charge is 0.481 e. The van der Waals surface area contributed by atoms with E-state index >= 15 is 0 Å². The number of carbonyl (C=O) groups is 1. The summed E-state index contributed by atoms with van der Waals surface area (Å²) in [4.78, 5) is 13.9. The van der Waals surface area contributed by atoms with Crippen LogP contribution in [0.3, 0.4) is 0 Å². The monoisotopic (exact) mass is 383 g/mol. The van der Waals surface area contributed by atoms with Crippen LogP contribution in [0.5, 0.6) is 0 Å². The Morgan fingerprint density at radius 1 is 1.36 bits per heavy atom. The lowest BCUT2D eigenvalue weighted by atomic mass is 9.66. The standard InChI is InChI=1S/C24H33NO3/c1-3-7-22(25-15-18-12-21(18)16(25)2)17-10-11-20(13-23(26)27)24(28,14-17)19-8-5-4-6-9-19/h10-11,14,16,18-22,28H,4-6,8-9,12-13,15H2,1-2H3,(H,26,27)/t16?,18-,20?,21+,22?,24?/m0/s1. The van der Waals surface area contributed by atoms with Crippen molar-refractivity contribution in [2.45, 2.75) is 76.5 Å². The molecular formula is C24H33NO3. The van der Waals surface area contributed by atoms with Gasteiger partial charge in [0, 0.05) is 18.5 Å². The van der Waals surface area contributed by atoms with Crippen LogP contribution in [-0.2, 0) is 4.79 Å². The van der Waals surface area contributed by atoms with Crippen molar-refractivity contribution in [3.8, 4) is 11.8 Å². The predicted octanol–water partition coefficient (Wildman–Crippen LogP) is 3.62. The summed E-state index contributed by atoms with van der Waals surface area (Å²) < 4.78 is 0. The van der Waals surface area contributed by atoms with Crippen LogP contribution >= 0.6 is 0 Å². The Morgan fingerprint density at radius 2 is 2.11 bits per heavy atom. The highest BCUT2D eigenvalue weighted by atomic mass is 16.4. The minimum atomic E-state index is -1.08. The molecule has 152 valence electrons. The van der Waals surface area contributed by atoms with Crippen molar-refractivity contribution in [2.75, 3.05) is 6.54 Å². The Bertz CT molecular complexity index is 739. The van der Waals surface area contributed by atoms with Crippen molar-refractivity contribution < 1.29 is 15.0 Å². The van der Waals surface area contributed by atoms with Crippen LogP contribution in [0.2, 0.25) is 0 Å². The molecule has 4 unspecified atom stereocenters. The molecule has 6 atom stereocenters. The number of carboxylic acids is 1. The molecule has 0 aromatic carbocycles. The van der Waals surface area contributed by atoms with Crippen LogP contribution in [0.1, 0.15) is 58.8 Å². The number of nitrogens with zero attached hydrogens (tertiary/aromatic N) is 1. The first-order valence-electron chi connectivity index (χ1n) is 11.0. The molecule has 3 aliphatic carbocycles. The van der Waals surface area contributed by atoms with E-state index in [1.165, 1.54) is 12.8 Å². The molecule has 1 heterocycles. The molecule has 0 radical (unpaired) electrons. The van der Waals surface area contributed by atoms with Gasteiger partial charge in [0.25, 0.3) is 0 Å². The molecule has 1 aliphatic heterocycles. The van der Waals surface area contributed by atoms with Gasteiger partial charge in [-0.2, -0.15) is 0 Å². The number of piperidine rings is 1. The van der Waals surface area contributed by atoms with Crippen LogP contribution in [0.15, 0.2) is 23.8 Å². The normalized spacial score (nSPS) is 38.9. The summed E-state index contributed by atoms with van der Waals surface area (Å²) in [5.41, 5.74) is -0.0279. The summed E-state index contributed by atoms with van der Waals surface area (Å²) >= 11 is 0. The summed E-state index contributed by atoms with van der Waals surface area (Å²) in [6.07, 6.45) is 12.7. The fourth-order valence-electron chi connectivity index (χ4n) is 5.97. The zero-order valence-electron chi connectivity index (χ0n) is 17.1. The second-order valence-electron chi connectivity index (χ2n) is 9.32. The van der Waals surface area contributed by atoms with Crippen molar-refractivity contribution in [2.24, 2.45) is 23.7 Å². The highest BCUT2D eigenvalue weighted by molar-refractivity contribution is 5.68. The highest BCUT2D eigenvalue weighted by Crippen LogP contribution is 2.51. The minimum absolute atomic E-state index is 0.00931. The second-order valence-corrected chi connectivity index (χ2v) is 9.32. The van der Waals surface area contributed by atoms with Crippen molar-refractivity contribution in [3.05, 3.63) is 23.8 Å². The average Bonchev–Trinajstić information content (AvgIpc) is 3.39. The molecule has 28 heavy (non-hydrogen) atoms. The Kier molecular flexibility index (Phi) is 5.42. The molecule has 0 spiro atoms. The summed E-state index contributed by atoms with van der Waals surface area (Å²) in [6.45, 7) is 5.26. The smallest absolute Gasteiger partial charge is 0.304 e. The third kappa shape index (κ3) is 3.55. The van der Waals surface area contributed by atoms with Gasteiger partial charge in [-0.15, -0.1) is 5.92 Å². The first-order chi connectivity index (χ1) is 13.4. The van der Waals surface area contributed by atoms with Crippen molar-refractivity contribution in [1.29, 1.82) is 0 Å². The summed E-state index contributed by atoms with van der Waals surface area (Å²) in [5.74, 6) is 7.01. The van der Waals surface area contributed by atoms with Crippen LogP contribution in [-0.4, -0.2) is 45.3 Å². The summed E-state index contributed by atoms with van der Waals surface area (Å²) in [6, 6.07) is 0.509. The third-order valence-electron chi connectivity index (χ3n) is 7.66. The predicted molar refractivity (Wildman–Crippen MR) is 109 cm³/mol. The van der Waals surface area contributed by atoms with Gasteiger partial charge >= 0.3 is 5.97 Å². The molecule has 0 aromatic heterocycles. The van der Waals surface area contributed by atoms with Gasteiger partial charge in [-0.1, -0.05) is 37.3 Å². The first kappa shape index (κ1) is 19.7. The lowest BCUT2D eigenvalue weighted by molar-refractivity contribution is -0.140. The number of rotatable bonds is 5. The summed E-state index contributed by atoms with van der Waals surface area (Å²) in [7, 11) is 0. The van der Waals surface area contributed by atoms with Crippen molar-refractivity contribution in [1.82, 2.24) is 4.90 Å². The highest BCUT2D eigenvalue weighted by Gasteiger charge is 2.52. The molecule has 4 nitrogen and oxygen atoms in total. The maximum Gasteiger partial charge on any atom is 0.304 e. The Hall–Kier alpha value is -1.57. The minimum Gasteiger partial charge on any atom is -0.481 e. The Morgan fingerprint density at radius 3 is 2.71 bits per heavy atom. The lowest BCUT2D eigenvalue weighted by Crippen LogP contribution is -2.48. The van der Waals surface area contributed by atoms with Crippen LogP contribution in [0.4, 0.5) is 0 Å². The van der Waals surface area contributed by atoms with E-state index in [9.17, 15) is 15.0 Å². The topological polar surface area (TPSA) is 60.8 Å². The first-order valence-corrected chi connectivity index (χ1v) is 11.0. The number of carboxylic acid groups (broad SMARTS) is 1. The molecule has 3 fully saturated rings. The van der Waals surface area contributed by atoms with E-state index in [1.807, 2.05) is 25.2 Å². The number of aliphatic carboxylic acids is 1. The van der Waals surface area contributed by atoms with E-state index in [-0.39, 0.29) is 24.3 Å². The van der Waals surface area contributed by atoms with Crippen molar-refractivity contribution >= 4 is 5.97 Å². The van der Waals surface area contributed by atoms with Gasteiger partial charge in [0.1, 0.15) is 0 Å². The fourth-order valence-corrected chi connectivity index (χ4v) is 5.97. The Balaban J connectivity index is 1.65. The maximum absolute atomic E-state index is 11.8. The van der Waals surface area contributed by atoms with Gasteiger partial charge in [-0.25, -0.2) is 0 Å². The molecule has 0 amide bonds.